The molecule has 0 atom stereocenters. The van der Waals surface area contributed by atoms with Crippen LogP contribution in [-0.2, 0) is 0 Å². The molecule has 2 rings (SSSR count). The SMILES string of the molecule is CNC/C=C/C(=O)c1c[nH]c2ncnc(OCC(C)(C)C)c12. The molecular formula is C16H22N4O2. The van der Waals surface area contributed by atoms with Gasteiger partial charge in [0.2, 0.25) is 5.88 Å². The number of aromatic nitrogens is 3. The fourth-order valence-corrected chi connectivity index (χ4v) is 1.90. The Labute approximate surface area is 130 Å². The molecule has 0 aliphatic rings. The molecule has 0 unspecified atom stereocenters. The minimum Gasteiger partial charge on any atom is -0.477 e. The molecule has 0 saturated heterocycles. The topological polar surface area (TPSA) is 79.9 Å². The van der Waals surface area contributed by atoms with E-state index in [-0.39, 0.29) is 11.2 Å². The molecule has 0 fully saturated rings. The third-order valence-electron chi connectivity index (χ3n) is 2.93. The number of nitrogens with one attached hydrogen (secondary N) is 2. The minimum atomic E-state index is -0.100. The highest BCUT2D eigenvalue weighted by Gasteiger charge is 2.18. The number of aromatic amines is 1. The van der Waals surface area contributed by atoms with Crippen LogP contribution in [0.1, 0.15) is 31.1 Å². The highest BCUT2D eigenvalue weighted by atomic mass is 16.5. The largest absolute Gasteiger partial charge is 0.477 e. The molecule has 2 N–H and O–H groups in total. The minimum absolute atomic E-state index is 0.00442. The maximum atomic E-state index is 12.3. The average molecular weight is 302 g/mol. The quantitative estimate of drug-likeness (QED) is 0.632. The Morgan fingerprint density at radius 1 is 1.41 bits per heavy atom. The molecule has 118 valence electrons. The van der Waals surface area contributed by atoms with Crippen molar-refractivity contribution in [1.82, 2.24) is 20.3 Å². The van der Waals surface area contributed by atoms with Crippen molar-refractivity contribution in [2.45, 2.75) is 20.8 Å². The van der Waals surface area contributed by atoms with Crippen molar-refractivity contribution in [2.75, 3.05) is 20.2 Å². The number of likely N-dealkylation sites (N-methyl/N-ethyl adjacent to an activating group) is 1. The number of allylic oxidation sites excluding steroid dienone is 1. The Morgan fingerprint density at radius 3 is 2.86 bits per heavy atom. The van der Waals surface area contributed by atoms with E-state index in [9.17, 15) is 4.79 Å². The van der Waals surface area contributed by atoms with Crippen LogP contribution >= 0.6 is 0 Å². The van der Waals surface area contributed by atoms with Crippen molar-refractivity contribution in [3.63, 3.8) is 0 Å². The van der Waals surface area contributed by atoms with Gasteiger partial charge in [-0.25, -0.2) is 9.97 Å². The summed E-state index contributed by atoms with van der Waals surface area (Å²) in [5.41, 5.74) is 1.13. The highest BCUT2D eigenvalue weighted by Crippen LogP contribution is 2.27. The summed E-state index contributed by atoms with van der Waals surface area (Å²) >= 11 is 0. The number of H-pyrrole nitrogens is 1. The summed E-state index contributed by atoms with van der Waals surface area (Å²) in [5, 5.41) is 3.59. The first-order chi connectivity index (χ1) is 10.4. The summed E-state index contributed by atoms with van der Waals surface area (Å²) in [6.07, 6.45) is 6.40. The molecule has 0 saturated carbocycles. The van der Waals surface area contributed by atoms with Crippen molar-refractivity contribution in [1.29, 1.82) is 0 Å². The zero-order chi connectivity index (χ0) is 16.2. The molecule has 22 heavy (non-hydrogen) atoms. The summed E-state index contributed by atoms with van der Waals surface area (Å²) in [4.78, 5) is 23.6. The predicted octanol–water partition coefficient (Wildman–Crippen LogP) is 2.34. The first kappa shape index (κ1) is 16.2. The van der Waals surface area contributed by atoms with Gasteiger partial charge in [-0.3, -0.25) is 4.79 Å². The van der Waals surface area contributed by atoms with E-state index in [0.717, 1.165) is 0 Å². The molecule has 6 nitrogen and oxygen atoms in total. The highest BCUT2D eigenvalue weighted by molar-refractivity contribution is 6.13. The maximum absolute atomic E-state index is 12.3. The third-order valence-corrected chi connectivity index (χ3v) is 2.93. The molecule has 0 aromatic carbocycles. The zero-order valence-corrected chi connectivity index (χ0v) is 13.4. The number of ether oxygens (including phenoxy) is 1. The molecule has 0 bridgehead atoms. The third kappa shape index (κ3) is 3.92. The van der Waals surface area contributed by atoms with Crippen molar-refractivity contribution < 1.29 is 9.53 Å². The van der Waals surface area contributed by atoms with Crippen molar-refractivity contribution in [2.24, 2.45) is 5.41 Å². The second-order valence-corrected chi connectivity index (χ2v) is 6.28. The van der Waals surface area contributed by atoms with Gasteiger partial charge in [-0.2, -0.15) is 0 Å². The van der Waals surface area contributed by atoms with Crippen LogP contribution in [0, 0.1) is 5.41 Å². The molecule has 0 aliphatic heterocycles. The standard InChI is InChI=1S/C16H22N4O2/c1-16(2,3)9-22-15-13-11(12(21)6-5-7-17-4)8-18-14(13)19-10-20-15/h5-6,8,10,17H,7,9H2,1-4H3,(H,18,19,20)/b6-5+. The van der Waals surface area contributed by atoms with Gasteiger partial charge < -0.3 is 15.0 Å². The maximum Gasteiger partial charge on any atom is 0.226 e. The van der Waals surface area contributed by atoms with E-state index < -0.39 is 0 Å². The van der Waals surface area contributed by atoms with Crippen molar-refractivity contribution in [3.05, 3.63) is 30.2 Å². The van der Waals surface area contributed by atoms with Crippen LogP contribution < -0.4 is 10.1 Å². The smallest absolute Gasteiger partial charge is 0.226 e. The van der Waals surface area contributed by atoms with Gasteiger partial charge in [-0.1, -0.05) is 26.8 Å². The number of ketones is 1. The Bertz CT molecular complexity index is 683. The number of rotatable bonds is 6. The summed E-state index contributed by atoms with van der Waals surface area (Å²) < 4.78 is 5.80. The molecular weight excluding hydrogens is 280 g/mol. The number of nitrogens with zero attached hydrogens (tertiary/aromatic N) is 2. The number of hydrogen-bond acceptors (Lipinski definition) is 5. The van der Waals surface area contributed by atoms with Crippen LogP contribution in [0.3, 0.4) is 0 Å². The van der Waals surface area contributed by atoms with Gasteiger partial charge in [0, 0.05) is 12.7 Å². The Morgan fingerprint density at radius 2 is 2.18 bits per heavy atom. The normalized spacial score (nSPS) is 12.2. The number of carbonyl (C=O) groups is 1. The Balaban J connectivity index is 2.34. The molecule has 2 aromatic heterocycles. The second kappa shape index (κ2) is 6.70. The van der Waals surface area contributed by atoms with Crippen LogP contribution in [-0.4, -0.2) is 40.9 Å². The first-order valence-electron chi connectivity index (χ1n) is 7.23. The van der Waals surface area contributed by atoms with E-state index in [1.807, 2.05) is 7.05 Å². The van der Waals surface area contributed by atoms with Crippen LogP contribution in [0.5, 0.6) is 5.88 Å². The lowest BCUT2D eigenvalue weighted by atomic mass is 9.99. The fourth-order valence-electron chi connectivity index (χ4n) is 1.90. The van der Waals surface area contributed by atoms with Gasteiger partial charge in [-0.15, -0.1) is 0 Å². The lowest BCUT2D eigenvalue weighted by Gasteiger charge is -2.18. The summed E-state index contributed by atoms with van der Waals surface area (Å²) in [5.74, 6) is 0.337. The zero-order valence-electron chi connectivity index (χ0n) is 13.4. The molecule has 0 amide bonds. The van der Waals surface area contributed by atoms with Crippen molar-refractivity contribution in [3.8, 4) is 5.88 Å². The van der Waals surface area contributed by atoms with E-state index in [0.29, 0.717) is 35.6 Å². The molecule has 0 aliphatic carbocycles. The molecule has 2 aromatic rings. The van der Waals surface area contributed by atoms with Crippen molar-refractivity contribution >= 4 is 16.8 Å². The van der Waals surface area contributed by atoms with E-state index in [2.05, 4.69) is 41.0 Å². The number of fused-ring (bicyclic) bond motifs is 1. The summed E-state index contributed by atoms with van der Waals surface area (Å²) in [6.45, 7) is 7.38. The van der Waals surface area contributed by atoms with Gasteiger partial charge in [0.1, 0.15) is 12.0 Å². The van der Waals surface area contributed by atoms with Crippen LogP contribution in [0.15, 0.2) is 24.7 Å². The van der Waals surface area contributed by atoms with Crippen LogP contribution in [0.4, 0.5) is 0 Å². The van der Waals surface area contributed by atoms with Gasteiger partial charge in [0.05, 0.1) is 17.6 Å². The van der Waals surface area contributed by atoms with Gasteiger partial charge in [0.15, 0.2) is 5.78 Å². The van der Waals surface area contributed by atoms with Crippen LogP contribution in [0.25, 0.3) is 11.0 Å². The van der Waals surface area contributed by atoms with Gasteiger partial charge >= 0.3 is 0 Å². The Hall–Kier alpha value is -2.21. The lowest BCUT2D eigenvalue weighted by Crippen LogP contribution is -2.17. The molecule has 2 heterocycles. The fraction of sp³-hybridized carbons (Fsp3) is 0.438. The van der Waals surface area contributed by atoms with E-state index in [1.54, 1.807) is 18.3 Å². The first-order valence-corrected chi connectivity index (χ1v) is 7.23. The monoisotopic (exact) mass is 302 g/mol. The van der Waals surface area contributed by atoms with E-state index in [1.165, 1.54) is 6.33 Å². The summed E-state index contributed by atoms with van der Waals surface area (Å²) in [6, 6.07) is 0. The second-order valence-electron chi connectivity index (χ2n) is 6.28. The Kier molecular flexibility index (Phi) is 4.92. The number of carbonyl (C=O) groups excluding carboxylic acids is 1. The molecule has 0 radical (unpaired) electrons. The average Bonchev–Trinajstić information content (AvgIpc) is 2.89. The van der Waals surface area contributed by atoms with Gasteiger partial charge in [0.25, 0.3) is 0 Å². The number of hydrogen-bond donors (Lipinski definition) is 2. The summed E-state index contributed by atoms with van der Waals surface area (Å²) in [7, 11) is 1.83. The van der Waals surface area contributed by atoms with E-state index in [4.69, 9.17) is 4.74 Å². The predicted molar refractivity (Wildman–Crippen MR) is 86.2 cm³/mol. The lowest BCUT2D eigenvalue weighted by molar-refractivity contribution is 0.104. The molecule has 0 spiro atoms. The molecule has 6 heteroatoms. The van der Waals surface area contributed by atoms with E-state index >= 15 is 0 Å². The van der Waals surface area contributed by atoms with Crippen LogP contribution in [0.2, 0.25) is 0 Å². The van der Waals surface area contributed by atoms with Gasteiger partial charge in [-0.05, 0) is 18.5 Å².